The monoisotopic (exact) mass is 464 g/mol. The van der Waals surface area contributed by atoms with E-state index >= 15 is 0 Å². The molecule has 0 aliphatic carbocycles. The van der Waals surface area contributed by atoms with Crippen molar-refractivity contribution in [2.75, 3.05) is 13.1 Å². The highest BCUT2D eigenvalue weighted by Crippen LogP contribution is 2.22. The van der Waals surface area contributed by atoms with E-state index in [0.717, 1.165) is 17.7 Å². The van der Waals surface area contributed by atoms with Gasteiger partial charge in [0.05, 0.1) is 11.5 Å². The molecule has 0 aromatic heterocycles. The van der Waals surface area contributed by atoms with Crippen LogP contribution in [0.25, 0.3) is 0 Å². The van der Waals surface area contributed by atoms with Crippen molar-refractivity contribution in [3.63, 3.8) is 0 Å². The molecule has 1 fully saturated rings. The predicted molar refractivity (Wildman–Crippen MR) is 114 cm³/mol. The molecule has 1 atom stereocenters. The van der Waals surface area contributed by atoms with Crippen molar-refractivity contribution < 1.29 is 27.9 Å². The van der Waals surface area contributed by atoms with E-state index < -0.39 is 41.4 Å². The average Bonchev–Trinajstić information content (AvgIpc) is 2.78. The highest BCUT2D eigenvalue weighted by molar-refractivity contribution is 6.30. The summed E-state index contributed by atoms with van der Waals surface area (Å²) in [6, 6.07) is 9.80. The van der Waals surface area contributed by atoms with Crippen LogP contribution < -0.4 is 5.32 Å². The summed E-state index contributed by atoms with van der Waals surface area (Å²) in [6.45, 7) is 2.22. The second-order valence-electron chi connectivity index (χ2n) is 7.61. The van der Waals surface area contributed by atoms with Gasteiger partial charge in [0, 0.05) is 30.7 Å². The van der Waals surface area contributed by atoms with Gasteiger partial charge < -0.3 is 15.0 Å². The third kappa shape index (κ3) is 6.03. The fraction of sp³-hybridized carbons (Fsp3) is 0.348. The molecule has 2 aromatic carbocycles. The van der Waals surface area contributed by atoms with Crippen molar-refractivity contribution in [3.05, 3.63) is 70.2 Å². The number of likely N-dealkylation sites (tertiary alicyclic amines) is 1. The SMILES string of the molecule is CC(OC(=O)C1CCN(C(=O)c2ccc(F)cc2F)CC1)C(=O)NCc1ccc(Cl)cc1. The Morgan fingerprint density at radius 3 is 2.41 bits per heavy atom. The van der Waals surface area contributed by atoms with Gasteiger partial charge in [-0.3, -0.25) is 14.4 Å². The van der Waals surface area contributed by atoms with E-state index in [9.17, 15) is 23.2 Å². The first-order valence-electron chi connectivity index (χ1n) is 10.2. The van der Waals surface area contributed by atoms with E-state index in [1.807, 2.05) is 0 Å². The van der Waals surface area contributed by atoms with Crippen molar-refractivity contribution >= 4 is 29.4 Å². The second kappa shape index (κ2) is 10.5. The molecule has 0 bridgehead atoms. The van der Waals surface area contributed by atoms with Gasteiger partial charge in [-0.25, -0.2) is 8.78 Å². The zero-order valence-corrected chi connectivity index (χ0v) is 18.2. The number of ether oxygens (including phenoxy) is 1. The van der Waals surface area contributed by atoms with Crippen molar-refractivity contribution in [2.24, 2.45) is 5.92 Å². The Kier molecular flexibility index (Phi) is 7.80. The zero-order valence-electron chi connectivity index (χ0n) is 17.4. The molecule has 0 saturated carbocycles. The minimum atomic E-state index is -0.970. The highest BCUT2D eigenvalue weighted by atomic mass is 35.5. The molecule has 6 nitrogen and oxygen atoms in total. The van der Waals surface area contributed by atoms with Gasteiger partial charge in [-0.05, 0) is 49.6 Å². The lowest BCUT2D eigenvalue weighted by molar-refractivity contribution is -0.160. The lowest BCUT2D eigenvalue weighted by atomic mass is 9.96. The minimum Gasteiger partial charge on any atom is -0.452 e. The number of hydrogen-bond donors (Lipinski definition) is 1. The molecular formula is C23H23ClF2N2O4. The topological polar surface area (TPSA) is 75.7 Å². The second-order valence-corrected chi connectivity index (χ2v) is 8.05. The van der Waals surface area contributed by atoms with Gasteiger partial charge in [0.1, 0.15) is 11.6 Å². The van der Waals surface area contributed by atoms with Gasteiger partial charge >= 0.3 is 5.97 Å². The molecule has 1 N–H and O–H groups in total. The minimum absolute atomic E-state index is 0.210. The van der Waals surface area contributed by atoms with Gasteiger partial charge in [0.2, 0.25) is 0 Å². The maximum atomic E-state index is 13.9. The van der Waals surface area contributed by atoms with Gasteiger partial charge in [0.25, 0.3) is 11.8 Å². The number of hydrogen-bond acceptors (Lipinski definition) is 4. The Morgan fingerprint density at radius 2 is 1.78 bits per heavy atom. The summed E-state index contributed by atoms with van der Waals surface area (Å²) in [5.41, 5.74) is 0.648. The van der Waals surface area contributed by atoms with Gasteiger partial charge in [-0.1, -0.05) is 23.7 Å². The molecule has 2 aromatic rings. The van der Waals surface area contributed by atoms with E-state index in [4.69, 9.17) is 16.3 Å². The molecule has 1 saturated heterocycles. The Morgan fingerprint density at radius 1 is 1.12 bits per heavy atom. The summed E-state index contributed by atoms with van der Waals surface area (Å²) in [6.07, 6.45) is -0.318. The number of benzene rings is 2. The van der Waals surface area contributed by atoms with Crippen LogP contribution in [-0.4, -0.2) is 41.9 Å². The Bertz CT molecular complexity index is 992. The molecule has 3 rings (SSSR count). The predicted octanol–water partition coefficient (Wildman–Crippen LogP) is 3.72. The molecule has 2 amide bonds. The molecule has 32 heavy (non-hydrogen) atoms. The number of carbonyl (C=O) groups excluding carboxylic acids is 3. The fourth-order valence-electron chi connectivity index (χ4n) is 3.41. The molecule has 1 unspecified atom stereocenters. The maximum absolute atomic E-state index is 13.9. The molecule has 170 valence electrons. The third-order valence-electron chi connectivity index (χ3n) is 5.32. The standard InChI is InChI=1S/C23H23ClF2N2O4/c1-14(21(29)27-13-15-2-4-17(24)5-3-15)32-23(31)16-8-10-28(11-9-16)22(30)19-7-6-18(25)12-20(19)26/h2-7,12,14,16H,8-11,13H2,1H3,(H,27,29). The van der Waals surface area contributed by atoms with Crippen LogP contribution in [0.5, 0.6) is 0 Å². The largest absolute Gasteiger partial charge is 0.452 e. The fourth-order valence-corrected chi connectivity index (χ4v) is 3.54. The normalized spacial score (nSPS) is 15.2. The molecule has 0 spiro atoms. The molecule has 1 aliphatic heterocycles. The van der Waals surface area contributed by atoms with Crippen LogP contribution in [0.3, 0.4) is 0 Å². The number of rotatable bonds is 6. The zero-order chi connectivity index (χ0) is 23.3. The third-order valence-corrected chi connectivity index (χ3v) is 5.57. The first-order valence-corrected chi connectivity index (χ1v) is 10.6. The quantitative estimate of drug-likeness (QED) is 0.661. The van der Waals surface area contributed by atoms with E-state index in [-0.39, 0.29) is 25.2 Å². The lowest BCUT2D eigenvalue weighted by Crippen LogP contribution is -2.42. The number of nitrogens with one attached hydrogen (secondary N) is 1. The summed E-state index contributed by atoms with van der Waals surface area (Å²) < 4.78 is 32.2. The van der Waals surface area contributed by atoms with Crippen LogP contribution in [-0.2, 0) is 20.9 Å². The first kappa shape index (κ1) is 23.7. The average molecular weight is 465 g/mol. The summed E-state index contributed by atoms with van der Waals surface area (Å²) in [7, 11) is 0. The van der Waals surface area contributed by atoms with E-state index in [0.29, 0.717) is 23.9 Å². The van der Waals surface area contributed by atoms with Crippen molar-refractivity contribution in [1.82, 2.24) is 10.2 Å². The van der Waals surface area contributed by atoms with Gasteiger partial charge in [0.15, 0.2) is 6.10 Å². The summed E-state index contributed by atoms with van der Waals surface area (Å²) in [4.78, 5) is 38.6. The summed E-state index contributed by atoms with van der Waals surface area (Å²) in [5, 5.41) is 3.30. The summed E-state index contributed by atoms with van der Waals surface area (Å²) >= 11 is 5.83. The molecular weight excluding hydrogens is 442 g/mol. The number of carbonyl (C=O) groups is 3. The van der Waals surface area contributed by atoms with Crippen LogP contribution in [0, 0.1) is 17.6 Å². The van der Waals surface area contributed by atoms with E-state index in [1.54, 1.807) is 24.3 Å². The van der Waals surface area contributed by atoms with Crippen LogP contribution >= 0.6 is 11.6 Å². The Balaban J connectivity index is 1.45. The first-order chi connectivity index (χ1) is 15.2. The van der Waals surface area contributed by atoms with Crippen molar-refractivity contribution in [2.45, 2.75) is 32.4 Å². The number of esters is 1. The molecule has 9 heteroatoms. The smallest absolute Gasteiger partial charge is 0.309 e. The van der Waals surface area contributed by atoms with Crippen LogP contribution in [0.1, 0.15) is 35.7 Å². The van der Waals surface area contributed by atoms with Crippen molar-refractivity contribution in [1.29, 1.82) is 0 Å². The molecule has 1 aliphatic rings. The van der Waals surface area contributed by atoms with Gasteiger partial charge in [-0.2, -0.15) is 0 Å². The Hall–Kier alpha value is -3.00. The summed E-state index contributed by atoms with van der Waals surface area (Å²) in [5.74, 6) is -3.64. The van der Waals surface area contributed by atoms with E-state index in [2.05, 4.69) is 5.32 Å². The Labute approximate surface area is 189 Å². The maximum Gasteiger partial charge on any atom is 0.309 e. The molecule has 1 heterocycles. The van der Waals surface area contributed by atoms with Crippen LogP contribution in [0.4, 0.5) is 8.78 Å². The lowest BCUT2D eigenvalue weighted by Gasteiger charge is -2.31. The van der Waals surface area contributed by atoms with E-state index in [1.165, 1.54) is 11.8 Å². The number of nitrogens with zero attached hydrogens (tertiary/aromatic N) is 1. The number of halogens is 3. The number of piperidine rings is 1. The van der Waals surface area contributed by atoms with Gasteiger partial charge in [-0.15, -0.1) is 0 Å². The van der Waals surface area contributed by atoms with Crippen LogP contribution in [0.15, 0.2) is 42.5 Å². The highest BCUT2D eigenvalue weighted by Gasteiger charge is 2.31. The van der Waals surface area contributed by atoms with Crippen molar-refractivity contribution in [3.8, 4) is 0 Å². The molecule has 0 radical (unpaired) electrons. The number of amides is 2. The van der Waals surface area contributed by atoms with Crippen LogP contribution in [0.2, 0.25) is 5.02 Å².